The Balaban J connectivity index is 1.81. The Labute approximate surface area is 155 Å². The van der Waals surface area contributed by atoms with E-state index in [4.69, 9.17) is 0 Å². The van der Waals surface area contributed by atoms with Gasteiger partial charge in [0.2, 0.25) is 0 Å². The number of phenols is 1. The van der Waals surface area contributed by atoms with Crippen LogP contribution in [0.1, 0.15) is 29.5 Å². The third-order valence-corrected chi connectivity index (χ3v) is 4.50. The number of imidazole rings is 1. The molecule has 4 aromatic rings. The van der Waals surface area contributed by atoms with Crippen molar-refractivity contribution in [2.24, 2.45) is 0 Å². The zero-order valence-corrected chi connectivity index (χ0v) is 14.7. The molecule has 0 saturated carbocycles. The maximum Gasteiger partial charge on any atom is 0.274 e. The van der Waals surface area contributed by atoms with Gasteiger partial charge in [0.25, 0.3) is 5.91 Å². The molecule has 0 bridgehead atoms. The minimum absolute atomic E-state index is 0.146. The molecule has 2 aromatic heterocycles. The molecule has 2 aromatic carbocycles. The molecule has 136 valence electrons. The quantitative estimate of drug-likeness (QED) is 0.559. The SMILES string of the molecule is CCCc1nc2ccc(F)cn2c1C(=O)Nc1cccc2c(O)cccc12. The van der Waals surface area contributed by atoms with Gasteiger partial charge < -0.3 is 10.4 Å². The van der Waals surface area contributed by atoms with Crippen molar-refractivity contribution >= 4 is 28.0 Å². The molecule has 4 rings (SSSR count). The van der Waals surface area contributed by atoms with Crippen molar-refractivity contribution in [3.63, 3.8) is 0 Å². The molecule has 27 heavy (non-hydrogen) atoms. The van der Waals surface area contributed by atoms with Crippen LogP contribution in [0.2, 0.25) is 0 Å². The number of aromatic nitrogens is 2. The summed E-state index contributed by atoms with van der Waals surface area (Å²) in [6, 6.07) is 13.3. The van der Waals surface area contributed by atoms with Gasteiger partial charge in [-0.3, -0.25) is 9.20 Å². The number of aromatic hydroxyl groups is 1. The molecule has 0 unspecified atom stereocenters. The minimum atomic E-state index is -0.438. The van der Waals surface area contributed by atoms with Gasteiger partial charge in [-0.1, -0.05) is 37.6 Å². The highest BCUT2D eigenvalue weighted by Gasteiger charge is 2.20. The molecule has 6 heteroatoms. The summed E-state index contributed by atoms with van der Waals surface area (Å²) in [5.74, 6) is -0.661. The van der Waals surface area contributed by atoms with Crippen molar-refractivity contribution in [2.75, 3.05) is 5.32 Å². The smallest absolute Gasteiger partial charge is 0.274 e. The van der Waals surface area contributed by atoms with Gasteiger partial charge in [-0.15, -0.1) is 0 Å². The molecular weight excluding hydrogens is 345 g/mol. The number of carbonyl (C=O) groups is 1. The predicted molar refractivity (Wildman–Crippen MR) is 103 cm³/mol. The zero-order valence-electron chi connectivity index (χ0n) is 14.7. The first-order valence-corrected chi connectivity index (χ1v) is 8.77. The number of carbonyl (C=O) groups excluding carboxylic acids is 1. The van der Waals surface area contributed by atoms with Crippen molar-refractivity contribution in [1.29, 1.82) is 0 Å². The lowest BCUT2D eigenvalue weighted by Gasteiger charge is -2.10. The molecule has 5 nitrogen and oxygen atoms in total. The van der Waals surface area contributed by atoms with E-state index in [1.807, 2.05) is 13.0 Å². The molecule has 0 aliphatic carbocycles. The van der Waals surface area contributed by atoms with Crippen molar-refractivity contribution in [3.8, 4) is 5.75 Å². The summed E-state index contributed by atoms with van der Waals surface area (Å²) in [5.41, 5.74) is 2.05. The Kier molecular flexibility index (Phi) is 4.24. The number of nitrogens with one attached hydrogen (secondary N) is 1. The summed E-state index contributed by atoms with van der Waals surface area (Å²) < 4.78 is 15.2. The van der Waals surface area contributed by atoms with E-state index < -0.39 is 5.82 Å². The summed E-state index contributed by atoms with van der Waals surface area (Å²) >= 11 is 0. The van der Waals surface area contributed by atoms with E-state index in [0.29, 0.717) is 34.5 Å². The van der Waals surface area contributed by atoms with Crippen molar-refractivity contribution in [1.82, 2.24) is 9.38 Å². The Morgan fingerprint density at radius 2 is 1.93 bits per heavy atom. The molecule has 0 aliphatic heterocycles. The second-order valence-corrected chi connectivity index (χ2v) is 6.36. The zero-order chi connectivity index (χ0) is 19.0. The number of hydrogen-bond donors (Lipinski definition) is 2. The van der Waals surface area contributed by atoms with Crippen LogP contribution in [0.5, 0.6) is 5.75 Å². The first-order chi connectivity index (χ1) is 13.1. The summed E-state index contributed by atoms with van der Waals surface area (Å²) in [6.07, 6.45) is 2.70. The van der Waals surface area contributed by atoms with E-state index in [-0.39, 0.29) is 11.7 Å². The van der Waals surface area contributed by atoms with Crippen LogP contribution in [0.25, 0.3) is 16.4 Å². The van der Waals surface area contributed by atoms with Gasteiger partial charge in [0.15, 0.2) is 0 Å². The van der Waals surface area contributed by atoms with E-state index in [1.165, 1.54) is 16.7 Å². The average Bonchev–Trinajstić information content (AvgIpc) is 3.00. The van der Waals surface area contributed by atoms with Gasteiger partial charge in [-0.25, -0.2) is 9.37 Å². The van der Waals surface area contributed by atoms with Crippen LogP contribution in [0.4, 0.5) is 10.1 Å². The number of aryl methyl sites for hydroxylation is 1. The highest BCUT2D eigenvalue weighted by molar-refractivity contribution is 6.10. The van der Waals surface area contributed by atoms with E-state index in [2.05, 4.69) is 10.3 Å². The fourth-order valence-corrected chi connectivity index (χ4v) is 3.30. The fourth-order valence-electron chi connectivity index (χ4n) is 3.30. The first kappa shape index (κ1) is 17.0. The Morgan fingerprint density at radius 3 is 2.74 bits per heavy atom. The van der Waals surface area contributed by atoms with Gasteiger partial charge in [-0.2, -0.15) is 0 Å². The summed E-state index contributed by atoms with van der Waals surface area (Å²) in [7, 11) is 0. The van der Waals surface area contributed by atoms with Crippen LogP contribution in [0, 0.1) is 5.82 Å². The summed E-state index contributed by atoms with van der Waals surface area (Å²) in [6.45, 7) is 2.00. The number of hydrogen-bond acceptors (Lipinski definition) is 3. The monoisotopic (exact) mass is 363 g/mol. The fraction of sp³-hybridized carbons (Fsp3) is 0.143. The summed E-state index contributed by atoms with van der Waals surface area (Å²) in [5, 5.41) is 14.3. The Hall–Kier alpha value is -3.41. The molecule has 0 saturated heterocycles. The maximum absolute atomic E-state index is 13.7. The normalized spacial score (nSPS) is 11.2. The highest BCUT2D eigenvalue weighted by atomic mass is 19.1. The maximum atomic E-state index is 13.7. The molecule has 0 spiro atoms. The van der Waals surface area contributed by atoms with Crippen molar-refractivity contribution in [2.45, 2.75) is 19.8 Å². The number of rotatable bonds is 4. The third-order valence-electron chi connectivity index (χ3n) is 4.50. The molecule has 0 aliphatic rings. The first-order valence-electron chi connectivity index (χ1n) is 8.77. The predicted octanol–water partition coefficient (Wildman–Crippen LogP) is 4.54. The molecule has 2 N–H and O–H groups in total. The van der Waals surface area contributed by atoms with Gasteiger partial charge >= 0.3 is 0 Å². The van der Waals surface area contributed by atoms with Crippen LogP contribution in [0.3, 0.4) is 0 Å². The topological polar surface area (TPSA) is 66.6 Å². The summed E-state index contributed by atoms with van der Waals surface area (Å²) in [4.78, 5) is 17.5. The second kappa shape index (κ2) is 6.72. The lowest BCUT2D eigenvalue weighted by Crippen LogP contribution is -2.16. The lowest BCUT2D eigenvalue weighted by atomic mass is 10.1. The van der Waals surface area contributed by atoms with E-state index in [9.17, 15) is 14.3 Å². The van der Waals surface area contributed by atoms with E-state index in [1.54, 1.807) is 36.4 Å². The molecule has 0 radical (unpaired) electrons. The lowest BCUT2D eigenvalue weighted by molar-refractivity contribution is 0.102. The second-order valence-electron chi connectivity index (χ2n) is 6.36. The molecular formula is C21H18FN3O2. The van der Waals surface area contributed by atoms with E-state index >= 15 is 0 Å². The molecule has 0 fully saturated rings. The largest absolute Gasteiger partial charge is 0.507 e. The van der Waals surface area contributed by atoms with Gasteiger partial charge in [0.1, 0.15) is 22.9 Å². The van der Waals surface area contributed by atoms with Crippen LogP contribution in [-0.2, 0) is 6.42 Å². The number of amides is 1. The average molecular weight is 363 g/mol. The number of nitrogens with zero attached hydrogens (tertiary/aromatic N) is 2. The standard InChI is InChI=1S/C21H18FN3O2/c1-2-5-17-20(25-12-13(22)10-11-19(25)23-17)21(27)24-16-8-3-7-15-14(16)6-4-9-18(15)26/h3-4,6-12,26H,2,5H2,1H3,(H,24,27). The Morgan fingerprint density at radius 1 is 1.15 bits per heavy atom. The third kappa shape index (κ3) is 2.99. The van der Waals surface area contributed by atoms with Gasteiger partial charge in [0, 0.05) is 22.7 Å². The molecule has 0 atom stereocenters. The number of anilines is 1. The number of fused-ring (bicyclic) bond motifs is 2. The minimum Gasteiger partial charge on any atom is -0.507 e. The number of phenolic OH excluding ortho intramolecular Hbond substituents is 1. The van der Waals surface area contributed by atoms with Gasteiger partial charge in [0.05, 0.1) is 5.69 Å². The van der Waals surface area contributed by atoms with Crippen LogP contribution in [0.15, 0.2) is 54.7 Å². The van der Waals surface area contributed by atoms with Crippen molar-refractivity contribution < 1.29 is 14.3 Å². The van der Waals surface area contributed by atoms with E-state index in [0.717, 1.165) is 11.8 Å². The Bertz CT molecular complexity index is 1170. The number of benzene rings is 2. The van der Waals surface area contributed by atoms with Crippen LogP contribution < -0.4 is 5.32 Å². The van der Waals surface area contributed by atoms with Crippen LogP contribution >= 0.6 is 0 Å². The molecule has 2 heterocycles. The molecule has 1 amide bonds. The number of halogens is 1. The van der Waals surface area contributed by atoms with Crippen molar-refractivity contribution in [3.05, 3.63) is 71.9 Å². The van der Waals surface area contributed by atoms with Crippen LogP contribution in [-0.4, -0.2) is 20.4 Å². The van der Waals surface area contributed by atoms with Gasteiger partial charge in [-0.05, 0) is 30.7 Å². The highest BCUT2D eigenvalue weighted by Crippen LogP contribution is 2.30. The number of pyridine rings is 1.